The molecule has 0 aliphatic heterocycles. The highest BCUT2D eigenvalue weighted by atomic mass is 79.9. The number of aryl methyl sites for hydroxylation is 1. The minimum Gasteiger partial charge on any atom is -0.361 e. The van der Waals surface area contributed by atoms with Crippen molar-refractivity contribution in [2.24, 2.45) is 0 Å². The van der Waals surface area contributed by atoms with E-state index in [1.54, 1.807) is 30.5 Å². The van der Waals surface area contributed by atoms with Gasteiger partial charge in [-0.15, -0.1) is 0 Å². The molecule has 0 fully saturated rings. The average Bonchev–Trinajstić information content (AvgIpc) is 3.15. The Morgan fingerprint density at radius 2 is 1.72 bits per heavy atom. The molecule has 0 amide bonds. The van der Waals surface area contributed by atoms with Gasteiger partial charge in [-0.3, -0.25) is 4.79 Å². The van der Waals surface area contributed by atoms with E-state index < -0.39 is 15.6 Å². The van der Waals surface area contributed by atoms with Gasteiger partial charge in [-0.25, -0.2) is 8.42 Å². The summed E-state index contributed by atoms with van der Waals surface area (Å²) >= 11 is 9.40. The van der Waals surface area contributed by atoms with E-state index in [4.69, 9.17) is 11.6 Å². The molecule has 1 N–H and O–H groups in total. The fourth-order valence-electron chi connectivity index (χ4n) is 3.40. The zero-order chi connectivity index (χ0) is 22.9. The second-order valence-corrected chi connectivity index (χ2v) is 10.8. The Morgan fingerprint density at radius 3 is 2.41 bits per heavy atom. The van der Waals surface area contributed by atoms with Gasteiger partial charge in [0.1, 0.15) is 4.91 Å². The summed E-state index contributed by atoms with van der Waals surface area (Å²) in [5, 5.41) is 1.28. The van der Waals surface area contributed by atoms with Crippen LogP contribution in [-0.4, -0.2) is 19.2 Å². The van der Waals surface area contributed by atoms with Gasteiger partial charge in [0, 0.05) is 37.7 Å². The number of carbonyl (C=O) groups excluding carboxylic acids is 1. The Balaban J connectivity index is 1.84. The van der Waals surface area contributed by atoms with Crippen LogP contribution >= 0.6 is 27.5 Å². The van der Waals surface area contributed by atoms with Crippen molar-refractivity contribution in [1.29, 1.82) is 0 Å². The first kappa shape index (κ1) is 22.5. The fourth-order valence-corrected chi connectivity index (χ4v) is 5.38. The van der Waals surface area contributed by atoms with Crippen LogP contribution in [0.4, 0.5) is 0 Å². The highest BCUT2D eigenvalue weighted by Crippen LogP contribution is 2.28. The second kappa shape index (κ2) is 9.06. The number of nitrogens with one attached hydrogen (secondary N) is 1. The Morgan fingerprint density at radius 1 is 1.03 bits per heavy atom. The average molecular weight is 529 g/mol. The van der Waals surface area contributed by atoms with Gasteiger partial charge in [-0.1, -0.05) is 57.4 Å². The van der Waals surface area contributed by atoms with E-state index in [9.17, 15) is 13.2 Å². The molecule has 0 spiro atoms. The quantitative estimate of drug-likeness (QED) is 0.223. The number of allylic oxidation sites excluding steroid dienone is 1. The van der Waals surface area contributed by atoms with Crippen molar-refractivity contribution in [3.05, 3.63) is 110 Å². The Bertz CT molecular complexity index is 1440. The molecule has 3 aromatic carbocycles. The third-order valence-corrected chi connectivity index (χ3v) is 7.54. The smallest absolute Gasteiger partial charge is 0.204 e. The molecule has 162 valence electrons. The molecule has 4 aromatic rings. The maximum atomic E-state index is 13.5. The van der Waals surface area contributed by atoms with E-state index in [1.807, 2.05) is 37.3 Å². The van der Waals surface area contributed by atoms with E-state index in [1.165, 1.54) is 18.2 Å². The van der Waals surface area contributed by atoms with Crippen molar-refractivity contribution in [3.63, 3.8) is 0 Å². The first-order chi connectivity index (χ1) is 15.2. The summed E-state index contributed by atoms with van der Waals surface area (Å²) in [4.78, 5) is 16.2. The maximum absolute atomic E-state index is 13.5. The number of halogens is 2. The number of ketones is 1. The van der Waals surface area contributed by atoms with E-state index in [0.29, 0.717) is 16.1 Å². The molecule has 0 saturated carbocycles. The number of hydrogen-bond donors (Lipinski definition) is 1. The summed E-state index contributed by atoms with van der Waals surface area (Å²) in [6.07, 6.45) is 3.15. The Hall–Kier alpha value is -2.67. The molecule has 1 heterocycles. The molecule has 4 rings (SSSR count). The summed E-state index contributed by atoms with van der Waals surface area (Å²) in [5.41, 5.74) is 3.37. The van der Waals surface area contributed by atoms with E-state index in [0.717, 1.165) is 20.9 Å². The van der Waals surface area contributed by atoms with Gasteiger partial charge in [0.15, 0.2) is 9.84 Å². The normalized spacial score (nSPS) is 12.3. The van der Waals surface area contributed by atoms with Crippen LogP contribution in [0.15, 0.2) is 82.3 Å². The van der Waals surface area contributed by atoms with Gasteiger partial charge in [-0.05, 0) is 61.0 Å². The van der Waals surface area contributed by atoms with E-state index in [2.05, 4.69) is 20.9 Å². The largest absolute Gasteiger partial charge is 0.361 e. The van der Waals surface area contributed by atoms with Crippen LogP contribution in [0, 0.1) is 6.92 Å². The number of fused-ring (bicyclic) bond motifs is 1. The molecule has 0 unspecified atom stereocenters. The van der Waals surface area contributed by atoms with Crippen LogP contribution in [0.3, 0.4) is 0 Å². The molecule has 32 heavy (non-hydrogen) atoms. The zero-order valence-corrected chi connectivity index (χ0v) is 20.3. The summed E-state index contributed by atoms with van der Waals surface area (Å²) in [6.45, 7) is 1.93. The molecule has 0 radical (unpaired) electrons. The van der Waals surface area contributed by atoms with Crippen molar-refractivity contribution in [2.45, 2.75) is 12.7 Å². The van der Waals surface area contributed by atoms with Crippen molar-refractivity contribution in [2.75, 3.05) is 0 Å². The number of Topliss-reactive ketones (excluding diaryl/α,β-unsaturated/α-hetero) is 1. The molecular weight excluding hydrogens is 510 g/mol. The number of benzene rings is 3. The van der Waals surface area contributed by atoms with Gasteiger partial charge in [0.05, 0.1) is 5.75 Å². The second-order valence-electron chi connectivity index (χ2n) is 7.52. The highest BCUT2D eigenvalue weighted by Gasteiger charge is 2.27. The van der Waals surface area contributed by atoms with Crippen molar-refractivity contribution in [1.82, 2.24) is 4.98 Å². The lowest BCUT2D eigenvalue weighted by Crippen LogP contribution is -2.16. The summed E-state index contributed by atoms with van der Waals surface area (Å²) < 4.78 is 27.8. The maximum Gasteiger partial charge on any atom is 0.204 e. The van der Waals surface area contributed by atoms with Crippen LogP contribution in [0.25, 0.3) is 17.0 Å². The monoisotopic (exact) mass is 527 g/mol. The number of aromatic amines is 1. The number of rotatable bonds is 6. The van der Waals surface area contributed by atoms with Gasteiger partial charge in [0.25, 0.3) is 0 Å². The van der Waals surface area contributed by atoms with Crippen LogP contribution in [-0.2, 0) is 15.6 Å². The van der Waals surface area contributed by atoms with Gasteiger partial charge in [-0.2, -0.15) is 0 Å². The predicted molar refractivity (Wildman–Crippen MR) is 134 cm³/mol. The van der Waals surface area contributed by atoms with E-state index in [-0.39, 0.29) is 16.2 Å². The SMILES string of the molecule is Cc1ccc(CS(=O)(=O)/C(=C\c2c[nH]c3ccc(Br)cc23)C(=O)c2ccc(Cl)cc2)cc1. The Kier molecular flexibility index (Phi) is 6.38. The molecule has 7 heteroatoms. The molecule has 4 nitrogen and oxygen atoms in total. The van der Waals surface area contributed by atoms with Crippen molar-refractivity contribution in [3.8, 4) is 0 Å². The summed E-state index contributed by atoms with van der Waals surface area (Å²) in [5.74, 6) is -0.845. The number of aromatic nitrogens is 1. The summed E-state index contributed by atoms with van der Waals surface area (Å²) in [6, 6.07) is 19.1. The lowest BCUT2D eigenvalue weighted by Gasteiger charge is -2.10. The first-order valence-corrected chi connectivity index (χ1v) is 12.6. The number of sulfone groups is 1. The topological polar surface area (TPSA) is 67.0 Å². The predicted octanol–water partition coefficient (Wildman–Crippen LogP) is 6.73. The van der Waals surface area contributed by atoms with E-state index >= 15 is 0 Å². The molecular formula is C25H19BrClNO3S. The van der Waals surface area contributed by atoms with Crippen LogP contribution in [0.1, 0.15) is 27.0 Å². The van der Waals surface area contributed by atoms with Crippen LogP contribution in [0.2, 0.25) is 5.02 Å². The lowest BCUT2D eigenvalue weighted by molar-refractivity contribution is 0.104. The lowest BCUT2D eigenvalue weighted by atomic mass is 10.1. The van der Waals surface area contributed by atoms with Crippen molar-refractivity contribution >= 4 is 60.1 Å². The molecule has 1 aromatic heterocycles. The van der Waals surface area contributed by atoms with Crippen molar-refractivity contribution < 1.29 is 13.2 Å². The van der Waals surface area contributed by atoms with Gasteiger partial charge < -0.3 is 4.98 Å². The molecule has 0 bridgehead atoms. The highest BCUT2D eigenvalue weighted by molar-refractivity contribution is 9.10. The number of carbonyl (C=O) groups is 1. The molecule has 0 aliphatic carbocycles. The minimum absolute atomic E-state index is 0.258. The van der Waals surface area contributed by atoms with Crippen LogP contribution in [0.5, 0.6) is 0 Å². The van der Waals surface area contributed by atoms with Gasteiger partial charge in [0.2, 0.25) is 5.78 Å². The molecule has 0 atom stereocenters. The third-order valence-electron chi connectivity index (χ3n) is 5.10. The minimum atomic E-state index is -3.95. The van der Waals surface area contributed by atoms with Crippen LogP contribution < -0.4 is 0 Å². The Labute approximate surface area is 200 Å². The zero-order valence-electron chi connectivity index (χ0n) is 17.1. The fraction of sp³-hybridized carbons (Fsp3) is 0.0800. The number of hydrogen-bond acceptors (Lipinski definition) is 3. The standard InChI is InChI=1S/C25H19BrClNO3S/c1-16-2-4-17(5-3-16)15-32(30,31)24(25(29)18-6-9-21(27)10-7-18)12-19-14-28-23-11-8-20(26)13-22(19)23/h2-14,28H,15H2,1H3/b24-12-. The first-order valence-electron chi connectivity index (χ1n) is 9.80. The molecule has 0 aliphatic rings. The molecule has 0 saturated heterocycles. The number of H-pyrrole nitrogens is 1. The van der Waals surface area contributed by atoms with Gasteiger partial charge >= 0.3 is 0 Å². The third kappa shape index (κ3) is 4.88. The summed E-state index contributed by atoms with van der Waals surface area (Å²) in [7, 11) is -3.95.